The molecule has 0 spiro atoms. The summed E-state index contributed by atoms with van der Waals surface area (Å²) in [5, 5.41) is 0. The molecule has 0 unspecified atom stereocenters. The van der Waals surface area contributed by atoms with E-state index in [1.54, 1.807) is 25.1 Å². The van der Waals surface area contributed by atoms with E-state index in [1.165, 1.54) is 11.8 Å². The van der Waals surface area contributed by atoms with Gasteiger partial charge in [0, 0.05) is 10.6 Å². The Labute approximate surface area is 129 Å². The molecule has 116 valence electrons. The Balaban J connectivity index is 2.79. The van der Waals surface area contributed by atoms with E-state index < -0.39 is 11.6 Å². The lowest BCUT2D eigenvalue weighted by atomic mass is 10.2. The van der Waals surface area contributed by atoms with Crippen molar-refractivity contribution in [2.45, 2.75) is 38.2 Å². The Kier molecular flexibility index (Phi) is 6.08. The molecule has 0 heterocycles. The first kappa shape index (κ1) is 17.4. The molecule has 0 amide bonds. The van der Waals surface area contributed by atoms with E-state index in [2.05, 4.69) is 0 Å². The van der Waals surface area contributed by atoms with Crippen molar-refractivity contribution in [3.63, 3.8) is 0 Å². The number of anilines is 1. The van der Waals surface area contributed by atoms with Crippen LogP contribution in [0, 0.1) is 0 Å². The van der Waals surface area contributed by atoms with Crippen molar-refractivity contribution in [1.82, 2.24) is 0 Å². The van der Waals surface area contributed by atoms with Crippen LogP contribution in [-0.4, -0.2) is 29.9 Å². The van der Waals surface area contributed by atoms with E-state index in [9.17, 15) is 9.59 Å². The summed E-state index contributed by atoms with van der Waals surface area (Å²) in [5.74, 6) is -0.663. The number of hydrogen-bond acceptors (Lipinski definition) is 6. The molecule has 5 nitrogen and oxygen atoms in total. The fraction of sp³-hybridized carbons (Fsp3) is 0.467. The van der Waals surface area contributed by atoms with Gasteiger partial charge >= 0.3 is 11.9 Å². The topological polar surface area (TPSA) is 78.6 Å². The van der Waals surface area contributed by atoms with Crippen molar-refractivity contribution in [3.05, 3.63) is 23.8 Å². The minimum atomic E-state index is -0.525. The van der Waals surface area contributed by atoms with E-state index in [0.29, 0.717) is 16.1 Å². The van der Waals surface area contributed by atoms with Crippen molar-refractivity contribution < 1.29 is 19.1 Å². The molecule has 0 fully saturated rings. The Morgan fingerprint density at radius 3 is 2.52 bits per heavy atom. The summed E-state index contributed by atoms with van der Waals surface area (Å²) in [6, 6.07) is 4.94. The number of thioether (sulfide) groups is 1. The third-order valence-electron chi connectivity index (χ3n) is 2.26. The first-order valence-electron chi connectivity index (χ1n) is 6.64. The molecule has 6 heteroatoms. The van der Waals surface area contributed by atoms with E-state index >= 15 is 0 Å². The second kappa shape index (κ2) is 7.36. The molecule has 0 aliphatic carbocycles. The van der Waals surface area contributed by atoms with Gasteiger partial charge in [0.1, 0.15) is 5.60 Å². The van der Waals surface area contributed by atoms with Gasteiger partial charge in [-0.1, -0.05) is 0 Å². The lowest BCUT2D eigenvalue weighted by Crippen LogP contribution is -2.25. The molecule has 0 saturated carbocycles. The van der Waals surface area contributed by atoms with Gasteiger partial charge in [-0.05, 0) is 45.9 Å². The van der Waals surface area contributed by atoms with Crippen molar-refractivity contribution in [2.24, 2.45) is 0 Å². The largest absolute Gasteiger partial charge is 0.462 e. The number of benzene rings is 1. The van der Waals surface area contributed by atoms with E-state index in [0.717, 1.165) is 0 Å². The van der Waals surface area contributed by atoms with E-state index in [4.69, 9.17) is 15.2 Å². The Morgan fingerprint density at radius 1 is 1.29 bits per heavy atom. The third-order valence-corrected chi connectivity index (χ3v) is 3.31. The molecule has 2 N–H and O–H groups in total. The van der Waals surface area contributed by atoms with Gasteiger partial charge in [-0.15, -0.1) is 11.8 Å². The highest BCUT2D eigenvalue weighted by Gasteiger charge is 2.18. The normalized spacial score (nSPS) is 11.0. The highest BCUT2D eigenvalue weighted by molar-refractivity contribution is 8.00. The van der Waals surface area contributed by atoms with Gasteiger partial charge < -0.3 is 15.2 Å². The lowest BCUT2D eigenvalue weighted by molar-refractivity contribution is -0.151. The number of carbonyl (C=O) groups is 2. The van der Waals surface area contributed by atoms with Crippen molar-refractivity contribution in [2.75, 3.05) is 18.1 Å². The first-order chi connectivity index (χ1) is 9.73. The summed E-state index contributed by atoms with van der Waals surface area (Å²) in [4.78, 5) is 24.3. The fourth-order valence-corrected chi connectivity index (χ4v) is 2.34. The summed E-state index contributed by atoms with van der Waals surface area (Å²) in [7, 11) is 0. The maximum absolute atomic E-state index is 11.9. The predicted molar refractivity (Wildman–Crippen MR) is 83.4 cm³/mol. The molecule has 0 aliphatic heterocycles. The third kappa shape index (κ3) is 6.08. The zero-order valence-electron chi connectivity index (χ0n) is 12.8. The number of nitrogens with two attached hydrogens (primary N) is 1. The van der Waals surface area contributed by atoms with Crippen LogP contribution in [0.25, 0.3) is 0 Å². The number of carbonyl (C=O) groups excluding carboxylic acids is 2. The van der Waals surface area contributed by atoms with Gasteiger partial charge in [0.05, 0.1) is 17.9 Å². The number of ether oxygens (including phenoxy) is 2. The molecule has 21 heavy (non-hydrogen) atoms. The van der Waals surface area contributed by atoms with Crippen LogP contribution in [-0.2, 0) is 14.3 Å². The molecule has 0 bridgehead atoms. The summed E-state index contributed by atoms with van der Waals surface area (Å²) >= 11 is 1.23. The molecular weight excluding hydrogens is 290 g/mol. The quantitative estimate of drug-likeness (QED) is 0.512. The molecule has 0 aromatic heterocycles. The first-order valence-corrected chi connectivity index (χ1v) is 7.63. The second-order valence-electron chi connectivity index (χ2n) is 5.35. The van der Waals surface area contributed by atoms with E-state index in [-0.39, 0.29) is 18.3 Å². The highest BCUT2D eigenvalue weighted by atomic mass is 32.2. The molecule has 1 aromatic rings. The number of nitrogen functional groups attached to an aromatic ring is 1. The number of esters is 2. The maximum atomic E-state index is 11.9. The average molecular weight is 311 g/mol. The van der Waals surface area contributed by atoms with E-state index in [1.807, 2.05) is 20.8 Å². The molecule has 1 rings (SSSR count). The molecular formula is C15H21NO4S. The minimum absolute atomic E-state index is 0.119. The number of hydrogen-bond donors (Lipinski definition) is 1. The van der Waals surface area contributed by atoms with Crippen LogP contribution in [0.1, 0.15) is 38.1 Å². The molecule has 1 aromatic carbocycles. The van der Waals surface area contributed by atoms with Crippen LogP contribution in [0.2, 0.25) is 0 Å². The summed E-state index contributed by atoms with van der Waals surface area (Å²) in [6.45, 7) is 7.44. The van der Waals surface area contributed by atoms with Crippen molar-refractivity contribution >= 4 is 29.4 Å². The highest BCUT2D eigenvalue weighted by Crippen LogP contribution is 2.26. The van der Waals surface area contributed by atoms with Gasteiger partial charge in [0.2, 0.25) is 0 Å². The molecule has 0 radical (unpaired) electrons. The van der Waals surface area contributed by atoms with Crippen LogP contribution < -0.4 is 5.73 Å². The van der Waals surface area contributed by atoms with Gasteiger partial charge in [-0.3, -0.25) is 4.79 Å². The Bertz CT molecular complexity index is 523. The zero-order chi connectivity index (χ0) is 16.0. The summed E-state index contributed by atoms with van der Waals surface area (Å²) < 4.78 is 10.2. The minimum Gasteiger partial charge on any atom is -0.462 e. The van der Waals surface area contributed by atoms with Crippen LogP contribution in [0.15, 0.2) is 23.1 Å². The van der Waals surface area contributed by atoms with Crippen molar-refractivity contribution in [3.8, 4) is 0 Å². The fourth-order valence-electron chi connectivity index (χ4n) is 1.55. The van der Waals surface area contributed by atoms with Gasteiger partial charge in [0.15, 0.2) is 0 Å². The van der Waals surface area contributed by atoms with Gasteiger partial charge in [-0.25, -0.2) is 4.79 Å². The van der Waals surface area contributed by atoms with Crippen LogP contribution in [0.3, 0.4) is 0 Å². The van der Waals surface area contributed by atoms with Gasteiger partial charge in [-0.2, -0.15) is 0 Å². The van der Waals surface area contributed by atoms with Crippen LogP contribution in [0.4, 0.5) is 5.69 Å². The summed E-state index contributed by atoms with van der Waals surface area (Å²) in [6.07, 6.45) is 0. The smallest absolute Gasteiger partial charge is 0.339 e. The standard InChI is InChI=1S/C15H21NO4S/c1-5-19-14(18)11-8-10(16)6-7-12(11)21-9-13(17)20-15(2,3)4/h6-8H,5,9,16H2,1-4H3. The number of rotatable bonds is 5. The molecule has 0 aliphatic rings. The Hall–Kier alpha value is -1.69. The molecule has 0 atom stereocenters. The van der Waals surface area contributed by atoms with Crippen LogP contribution in [0.5, 0.6) is 0 Å². The average Bonchev–Trinajstić information content (AvgIpc) is 2.35. The Morgan fingerprint density at radius 2 is 1.95 bits per heavy atom. The predicted octanol–water partition coefficient (Wildman–Crippen LogP) is 2.88. The zero-order valence-corrected chi connectivity index (χ0v) is 13.6. The maximum Gasteiger partial charge on any atom is 0.339 e. The summed E-state index contributed by atoms with van der Waals surface area (Å²) in [5.41, 5.74) is 6.00. The van der Waals surface area contributed by atoms with Gasteiger partial charge in [0.25, 0.3) is 0 Å². The van der Waals surface area contributed by atoms with Crippen LogP contribution >= 0.6 is 11.8 Å². The molecule has 0 saturated heterocycles. The lowest BCUT2D eigenvalue weighted by Gasteiger charge is -2.19. The monoisotopic (exact) mass is 311 g/mol. The SMILES string of the molecule is CCOC(=O)c1cc(N)ccc1SCC(=O)OC(C)(C)C. The second-order valence-corrected chi connectivity index (χ2v) is 6.37. The van der Waals surface area contributed by atoms with Crippen molar-refractivity contribution in [1.29, 1.82) is 0 Å².